The van der Waals surface area contributed by atoms with Crippen molar-refractivity contribution < 1.29 is 80.2 Å². The van der Waals surface area contributed by atoms with E-state index in [1.165, 1.54) is 154 Å². The topological polar surface area (TPSA) is 237 Å². The number of hydrogen-bond acceptors (Lipinski definition) is 15. The molecule has 0 radical (unpaired) electrons. The molecular formula is C70H136O17P2. The molecule has 3 N–H and O–H groups in total. The standard InChI is InChI=1S/C70H136O17P2/c1-8-11-12-34-44-51-67(72)80-57-65(87-70(75)54-47-40-33-32-37-43-50-63(7)10-3)59-84-88(76,77)82-55-64(71)56-83-89(78,79)85-60-66(58-81-68(73)52-45-38-30-26-22-19-15-16-20-24-28-35-41-48-61(4)5)86-69(74)53-46-39-31-27-23-18-14-13-17-21-25-29-36-42-49-62(6)9-2/h61-66,71H,8-60H2,1-7H3,(H,76,77)(H,78,79)/t62?,63?,64-,65+,66+/m0/s1. The van der Waals surface area contributed by atoms with Crippen LogP contribution < -0.4 is 0 Å². The molecule has 0 aliphatic heterocycles. The SMILES string of the molecule is CCCCCCCC(=O)OC[C@H](COP(=O)(O)OC[C@H](O)COP(=O)(O)OC[C@@H](COC(=O)CCCCCCCCCCCCCCCC(C)C)OC(=O)CCCCCCCCCCCCCCCCC(C)CC)OC(=O)CCCCCCCCC(C)CC. The van der Waals surface area contributed by atoms with Gasteiger partial charge in [-0.15, -0.1) is 0 Å². The highest BCUT2D eigenvalue weighted by Gasteiger charge is 2.30. The largest absolute Gasteiger partial charge is 0.472 e. The molecule has 0 bridgehead atoms. The van der Waals surface area contributed by atoms with E-state index in [2.05, 4.69) is 48.5 Å². The minimum atomic E-state index is -4.95. The van der Waals surface area contributed by atoms with Crippen LogP contribution in [-0.4, -0.2) is 96.7 Å². The van der Waals surface area contributed by atoms with Gasteiger partial charge in [-0.25, -0.2) is 9.13 Å². The van der Waals surface area contributed by atoms with E-state index in [1.807, 2.05) is 0 Å². The van der Waals surface area contributed by atoms with Crippen LogP contribution in [0.25, 0.3) is 0 Å². The molecule has 19 heteroatoms. The number of ether oxygens (including phenoxy) is 4. The highest BCUT2D eigenvalue weighted by Crippen LogP contribution is 2.45. The van der Waals surface area contributed by atoms with Crippen LogP contribution in [0.3, 0.4) is 0 Å². The van der Waals surface area contributed by atoms with Gasteiger partial charge < -0.3 is 33.8 Å². The van der Waals surface area contributed by atoms with Gasteiger partial charge in [0.25, 0.3) is 0 Å². The molecule has 0 aromatic rings. The number of carbonyl (C=O) groups is 4. The van der Waals surface area contributed by atoms with Crippen LogP contribution in [0.1, 0.15) is 350 Å². The zero-order chi connectivity index (χ0) is 65.9. The molecule has 0 aliphatic rings. The Balaban J connectivity index is 5.16. The Labute approximate surface area is 543 Å². The fourth-order valence-corrected chi connectivity index (χ4v) is 12.1. The Hall–Kier alpha value is -1.94. The lowest BCUT2D eigenvalue weighted by Crippen LogP contribution is -2.30. The fraction of sp³-hybridized carbons (Fsp3) is 0.943. The summed E-state index contributed by atoms with van der Waals surface area (Å²) < 4.78 is 68.0. The third kappa shape index (κ3) is 62.0. The van der Waals surface area contributed by atoms with E-state index in [0.29, 0.717) is 25.7 Å². The Kier molecular flexibility index (Phi) is 59.6. The van der Waals surface area contributed by atoms with E-state index in [4.69, 9.17) is 37.0 Å². The number of aliphatic hydroxyl groups is 1. The molecule has 0 aromatic heterocycles. The molecule has 0 saturated heterocycles. The van der Waals surface area contributed by atoms with Gasteiger partial charge in [-0.3, -0.25) is 37.3 Å². The lowest BCUT2D eigenvalue weighted by molar-refractivity contribution is -0.161. The first-order valence-electron chi connectivity index (χ1n) is 36.4. The molecule has 0 amide bonds. The summed E-state index contributed by atoms with van der Waals surface area (Å²) in [6.45, 7) is 11.8. The molecule has 0 rings (SSSR count). The lowest BCUT2D eigenvalue weighted by atomic mass is 9.99. The third-order valence-electron chi connectivity index (χ3n) is 16.9. The molecule has 4 unspecified atom stereocenters. The number of rotatable bonds is 68. The van der Waals surface area contributed by atoms with Crippen LogP contribution in [0.2, 0.25) is 0 Å². The minimum absolute atomic E-state index is 0.102. The van der Waals surface area contributed by atoms with E-state index in [-0.39, 0.29) is 25.7 Å². The Morgan fingerprint density at radius 1 is 0.326 bits per heavy atom. The van der Waals surface area contributed by atoms with Crippen molar-refractivity contribution in [2.45, 2.75) is 369 Å². The van der Waals surface area contributed by atoms with Gasteiger partial charge in [0.1, 0.15) is 19.3 Å². The van der Waals surface area contributed by atoms with Crippen LogP contribution in [0, 0.1) is 17.8 Å². The molecule has 0 aromatic carbocycles. The first-order valence-corrected chi connectivity index (χ1v) is 39.4. The predicted octanol–water partition coefficient (Wildman–Crippen LogP) is 19.8. The van der Waals surface area contributed by atoms with Gasteiger partial charge >= 0.3 is 39.5 Å². The second-order valence-electron chi connectivity index (χ2n) is 26.2. The predicted molar refractivity (Wildman–Crippen MR) is 358 cm³/mol. The van der Waals surface area contributed by atoms with E-state index in [0.717, 1.165) is 114 Å². The third-order valence-corrected chi connectivity index (χ3v) is 18.8. The van der Waals surface area contributed by atoms with Crippen LogP contribution in [-0.2, 0) is 65.4 Å². The monoisotopic (exact) mass is 1310 g/mol. The lowest BCUT2D eigenvalue weighted by Gasteiger charge is -2.21. The Bertz CT molecular complexity index is 1750. The fourth-order valence-electron chi connectivity index (χ4n) is 10.5. The van der Waals surface area contributed by atoms with Crippen molar-refractivity contribution >= 4 is 39.5 Å². The average molecular weight is 1310 g/mol. The average Bonchev–Trinajstić information content (AvgIpc) is 3.66. The number of hydrogen-bond donors (Lipinski definition) is 3. The quantitative estimate of drug-likeness (QED) is 0.0222. The van der Waals surface area contributed by atoms with Crippen LogP contribution in [0.4, 0.5) is 0 Å². The second kappa shape index (κ2) is 61.0. The molecule has 0 fully saturated rings. The Morgan fingerprint density at radius 2 is 0.573 bits per heavy atom. The first kappa shape index (κ1) is 87.1. The molecule has 0 heterocycles. The summed E-state index contributed by atoms with van der Waals surface area (Å²) in [6, 6.07) is 0. The maximum atomic E-state index is 13.0. The van der Waals surface area contributed by atoms with Gasteiger partial charge in [-0.1, -0.05) is 299 Å². The minimum Gasteiger partial charge on any atom is -0.462 e. The van der Waals surface area contributed by atoms with Crippen LogP contribution in [0.5, 0.6) is 0 Å². The van der Waals surface area contributed by atoms with Gasteiger partial charge in [-0.2, -0.15) is 0 Å². The normalized spacial score (nSPS) is 14.8. The summed E-state index contributed by atoms with van der Waals surface area (Å²) >= 11 is 0. The maximum absolute atomic E-state index is 13.0. The molecule has 0 spiro atoms. The number of esters is 4. The van der Waals surface area contributed by atoms with E-state index in [9.17, 15) is 43.2 Å². The second-order valence-corrected chi connectivity index (χ2v) is 29.1. The van der Waals surface area contributed by atoms with E-state index in [1.54, 1.807) is 0 Å². The molecule has 0 saturated carbocycles. The van der Waals surface area contributed by atoms with Crippen molar-refractivity contribution in [1.82, 2.24) is 0 Å². The summed E-state index contributed by atoms with van der Waals surface area (Å²) in [5, 5.41) is 10.6. The Morgan fingerprint density at radius 3 is 0.854 bits per heavy atom. The van der Waals surface area contributed by atoms with Crippen LogP contribution >= 0.6 is 15.6 Å². The highest BCUT2D eigenvalue weighted by molar-refractivity contribution is 7.47. The molecule has 89 heavy (non-hydrogen) atoms. The zero-order valence-electron chi connectivity index (χ0n) is 57.9. The van der Waals surface area contributed by atoms with Gasteiger partial charge in [0, 0.05) is 25.7 Å². The zero-order valence-corrected chi connectivity index (χ0v) is 59.7. The smallest absolute Gasteiger partial charge is 0.462 e. The maximum Gasteiger partial charge on any atom is 0.472 e. The van der Waals surface area contributed by atoms with Gasteiger partial charge in [-0.05, 0) is 43.4 Å². The van der Waals surface area contributed by atoms with Crippen molar-refractivity contribution in [3.05, 3.63) is 0 Å². The van der Waals surface area contributed by atoms with E-state index >= 15 is 0 Å². The van der Waals surface area contributed by atoms with Gasteiger partial charge in [0.15, 0.2) is 12.2 Å². The van der Waals surface area contributed by atoms with Crippen molar-refractivity contribution in [1.29, 1.82) is 0 Å². The molecule has 528 valence electrons. The first-order chi connectivity index (χ1) is 42.8. The van der Waals surface area contributed by atoms with Crippen molar-refractivity contribution in [2.75, 3.05) is 39.6 Å². The molecule has 17 nitrogen and oxygen atoms in total. The highest BCUT2D eigenvalue weighted by atomic mass is 31.2. The van der Waals surface area contributed by atoms with Crippen LogP contribution in [0.15, 0.2) is 0 Å². The summed E-state index contributed by atoms with van der Waals surface area (Å²) in [4.78, 5) is 72.2. The number of carbonyl (C=O) groups excluding carboxylic acids is 4. The molecular weight excluding hydrogens is 1170 g/mol. The summed E-state index contributed by atoms with van der Waals surface area (Å²) in [5.41, 5.74) is 0. The number of phosphoric acid groups is 2. The summed E-state index contributed by atoms with van der Waals surface area (Å²) in [7, 11) is -9.89. The van der Waals surface area contributed by atoms with Gasteiger partial charge in [0.05, 0.1) is 26.4 Å². The van der Waals surface area contributed by atoms with Crippen molar-refractivity contribution in [2.24, 2.45) is 17.8 Å². The number of unbranched alkanes of at least 4 members (excludes halogenated alkanes) is 34. The van der Waals surface area contributed by atoms with E-state index < -0.39 is 97.5 Å². The molecule has 0 aliphatic carbocycles. The number of aliphatic hydroxyl groups excluding tert-OH is 1. The van der Waals surface area contributed by atoms with Gasteiger partial charge in [0.2, 0.25) is 0 Å². The summed E-state index contributed by atoms with van der Waals surface area (Å²) in [6.07, 6.45) is 44.8. The van der Waals surface area contributed by atoms with Crippen molar-refractivity contribution in [3.63, 3.8) is 0 Å². The number of phosphoric ester groups is 2. The van der Waals surface area contributed by atoms with Crippen molar-refractivity contribution in [3.8, 4) is 0 Å². The summed E-state index contributed by atoms with van der Waals surface area (Å²) in [5.74, 6) is 0.218. The molecule has 7 atom stereocenters.